The molecule has 140 valence electrons. The van der Waals surface area contributed by atoms with Crippen LogP contribution in [0.3, 0.4) is 0 Å². The van der Waals surface area contributed by atoms with Crippen molar-refractivity contribution in [2.75, 3.05) is 37.8 Å². The van der Waals surface area contributed by atoms with Gasteiger partial charge in [-0.25, -0.2) is 4.79 Å². The average molecular weight is 362 g/mol. The Hall–Kier alpha value is -2.61. The van der Waals surface area contributed by atoms with Crippen molar-refractivity contribution in [3.8, 4) is 5.75 Å². The number of carbonyl (C=O) groups excluding carboxylic acids is 2. The Morgan fingerprint density at radius 2 is 2.12 bits per heavy atom. The molecule has 8 nitrogen and oxygen atoms in total. The van der Waals surface area contributed by atoms with Gasteiger partial charge in [0.2, 0.25) is 11.8 Å². The molecule has 3 rings (SSSR count). The molecule has 0 saturated carbocycles. The van der Waals surface area contributed by atoms with Gasteiger partial charge in [0.1, 0.15) is 5.75 Å². The van der Waals surface area contributed by atoms with Crippen LogP contribution >= 0.6 is 0 Å². The van der Waals surface area contributed by atoms with Gasteiger partial charge in [0.05, 0.1) is 31.4 Å². The van der Waals surface area contributed by atoms with Crippen molar-refractivity contribution in [1.29, 1.82) is 0 Å². The van der Waals surface area contributed by atoms with Crippen LogP contribution in [0.2, 0.25) is 0 Å². The number of carboxylic acids is 1. The minimum atomic E-state index is -1.10. The predicted molar refractivity (Wildman–Crippen MR) is 92.0 cm³/mol. The summed E-state index contributed by atoms with van der Waals surface area (Å²) >= 11 is 0. The summed E-state index contributed by atoms with van der Waals surface area (Å²) in [6.45, 7) is 3.03. The fourth-order valence-corrected chi connectivity index (χ4v) is 3.37. The minimum Gasteiger partial charge on any atom is -0.492 e. The van der Waals surface area contributed by atoms with Crippen molar-refractivity contribution in [2.45, 2.75) is 19.4 Å². The molecule has 2 aliphatic heterocycles. The van der Waals surface area contributed by atoms with Crippen LogP contribution in [0, 0.1) is 5.92 Å². The lowest BCUT2D eigenvalue weighted by Gasteiger charge is -2.34. The predicted octanol–water partition coefficient (Wildman–Crippen LogP) is 0.750. The molecule has 2 amide bonds. The summed E-state index contributed by atoms with van der Waals surface area (Å²) in [4.78, 5) is 39.6. The van der Waals surface area contributed by atoms with Gasteiger partial charge in [-0.2, -0.15) is 0 Å². The second-order valence-electron chi connectivity index (χ2n) is 6.27. The van der Waals surface area contributed by atoms with Gasteiger partial charge in [-0.1, -0.05) is 12.1 Å². The molecule has 0 aromatic heterocycles. The molecule has 0 unspecified atom stereocenters. The number of hydrogen-bond donors (Lipinski definition) is 1. The van der Waals surface area contributed by atoms with Crippen LogP contribution in [0.25, 0.3) is 0 Å². The Bertz CT molecular complexity index is 707. The first-order valence-corrected chi connectivity index (χ1v) is 8.66. The number of aliphatic carboxylic acids is 1. The van der Waals surface area contributed by atoms with E-state index in [-0.39, 0.29) is 37.9 Å². The van der Waals surface area contributed by atoms with Crippen LogP contribution in [-0.4, -0.2) is 66.7 Å². The number of rotatable bonds is 5. The number of para-hydroxylation sites is 2. The van der Waals surface area contributed by atoms with Crippen molar-refractivity contribution in [3.05, 3.63) is 24.3 Å². The average Bonchev–Trinajstić information content (AvgIpc) is 3.03. The number of anilines is 1. The lowest BCUT2D eigenvalue weighted by Crippen LogP contribution is -2.54. The summed E-state index contributed by atoms with van der Waals surface area (Å²) in [7, 11) is 0. The SMILES string of the molecule is CCOc1ccccc1N1C[C@@H](C(=O)N2CCOC[C@@H]2C(=O)O)CC1=O. The summed E-state index contributed by atoms with van der Waals surface area (Å²) in [5.41, 5.74) is 0.631. The summed E-state index contributed by atoms with van der Waals surface area (Å²) in [6, 6.07) is 6.19. The van der Waals surface area contributed by atoms with E-state index in [0.717, 1.165) is 0 Å². The fraction of sp³-hybridized carbons (Fsp3) is 0.500. The zero-order chi connectivity index (χ0) is 18.7. The smallest absolute Gasteiger partial charge is 0.328 e. The third kappa shape index (κ3) is 3.50. The van der Waals surface area contributed by atoms with Crippen LogP contribution in [0.5, 0.6) is 5.75 Å². The van der Waals surface area contributed by atoms with E-state index in [1.54, 1.807) is 17.0 Å². The Kier molecular flexibility index (Phi) is 5.41. The molecule has 1 aromatic rings. The third-order valence-electron chi connectivity index (χ3n) is 4.63. The highest BCUT2D eigenvalue weighted by atomic mass is 16.5. The third-order valence-corrected chi connectivity index (χ3v) is 4.63. The first-order chi connectivity index (χ1) is 12.5. The molecule has 8 heteroatoms. The number of nitrogens with zero attached hydrogens (tertiary/aromatic N) is 2. The Labute approximate surface area is 151 Å². The van der Waals surface area contributed by atoms with E-state index in [9.17, 15) is 19.5 Å². The summed E-state index contributed by atoms with van der Waals surface area (Å²) in [5.74, 6) is -1.56. The summed E-state index contributed by atoms with van der Waals surface area (Å²) in [6.07, 6.45) is 0.0585. The van der Waals surface area contributed by atoms with Gasteiger partial charge in [0.25, 0.3) is 0 Å². The van der Waals surface area contributed by atoms with Crippen molar-refractivity contribution in [2.24, 2.45) is 5.92 Å². The van der Waals surface area contributed by atoms with Gasteiger partial charge < -0.3 is 24.4 Å². The van der Waals surface area contributed by atoms with Crippen LogP contribution in [-0.2, 0) is 19.1 Å². The quantitative estimate of drug-likeness (QED) is 0.830. The molecular formula is C18H22N2O6. The number of benzene rings is 1. The van der Waals surface area contributed by atoms with Gasteiger partial charge >= 0.3 is 5.97 Å². The highest BCUT2D eigenvalue weighted by molar-refractivity contribution is 6.01. The molecule has 1 N–H and O–H groups in total. The van der Waals surface area contributed by atoms with Gasteiger partial charge in [0, 0.05) is 19.5 Å². The zero-order valence-corrected chi connectivity index (χ0v) is 14.6. The lowest BCUT2D eigenvalue weighted by molar-refractivity contribution is -0.160. The summed E-state index contributed by atoms with van der Waals surface area (Å²) in [5, 5.41) is 9.31. The number of amides is 2. The maximum atomic E-state index is 12.8. The number of carbonyl (C=O) groups is 3. The molecule has 2 heterocycles. The van der Waals surface area contributed by atoms with Gasteiger partial charge in [-0.15, -0.1) is 0 Å². The molecule has 2 saturated heterocycles. The standard InChI is InChI=1S/C18H22N2O6/c1-2-26-15-6-4-3-5-13(15)20-10-12(9-16(20)21)17(22)19-7-8-25-11-14(19)18(23)24/h3-6,12,14H,2,7-11H2,1H3,(H,23,24)/t12-,14+/m0/s1. The lowest BCUT2D eigenvalue weighted by atomic mass is 10.1. The van der Waals surface area contributed by atoms with E-state index in [1.165, 1.54) is 4.90 Å². The normalized spacial score (nSPS) is 23.2. The van der Waals surface area contributed by atoms with E-state index < -0.39 is 17.9 Å². The maximum absolute atomic E-state index is 12.8. The molecule has 0 aliphatic carbocycles. The topological polar surface area (TPSA) is 96.4 Å². The van der Waals surface area contributed by atoms with Crippen LogP contribution in [0.4, 0.5) is 5.69 Å². The first kappa shape index (κ1) is 18.2. The molecule has 2 fully saturated rings. The molecule has 0 radical (unpaired) electrons. The second kappa shape index (κ2) is 7.74. The zero-order valence-electron chi connectivity index (χ0n) is 14.6. The highest BCUT2D eigenvalue weighted by Gasteiger charge is 2.42. The van der Waals surface area contributed by atoms with Crippen LogP contribution in [0.1, 0.15) is 13.3 Å². The molecule has 0 bridgehead atoms. The first-order valence-electron chi connectivity index (χ1n) is 8.66. The fourth-order valence-electron chi connectivity index (χ4n) is 3.37. The molecule has 0 spiro atoms. The summed E-state index contributed by atoms with van der Waals surface area (Å²) < 4.78 is 10.7. The largest absolute Gasteiger partial charge is 0.492 e. The van der Waals surface area contributed by atoms with E-state index in [2.05, 4.69) is 0 Å². The van der Waals surface area contributed by atoms with Crippen molar-refractivity contribution in [3.63, 3.8) is 0 Å². The molecule has 26 heavy (non-hydrogen) atoms. The number of morpholine rings is 1. The number of ether oxygens (including phenoxy) is 2. The van der Waals surface area contributed by atoms with Gasteiger partial charge in [-0.05, 0) is 19.1 Å². The van der Waals surface area contributed by atoms with Gasteiger partial charge in [0.15, 0.2) is 6.04 Å². The van der Waals surface area contributed by atoms with Crippen molar-refractivity contribution in [1.82, 2.24) is 4.90 Å². The van der Waals surface area contributed by atoms with Crippen molar-refractivity contribution < 1.29 is 29.0 Å². The molecule has 1 aromatic carbocycles. The molecule has 2 aliphatic rings. The Morgan fingerprint density at radius 1 is 1.35 bits per heavy atom. The molecule has 2 atom stereocenters. The number of hydrogen-bond acceptors (Lipinski definition) is 5. The monoisotopic (exact) mass is 362 g/mol. The second-order valence-corrected chi connectivity index (χ2v) is 6.27. The van der Waals surface area contributed by atoms with Crippen molar-refractivity contribution >= 4 is 23.5 Å². The van der Waals surface area contributed by atoms with E-state index in [1.807, 2.05) is 19.1 Å². The van der Waals surface area contributed by atoms with E-state index in [4.69, 9.17) is 9.47 Å². The number of carboxylic acid groups (broad SMARTS) is 1. The Balaban J connectivity index is 1.77. The van der Waals surface area contributed by atoms with E-state index in [0.29, 0.717) is 24.7 Å². The van der Waals surface area contributed by atoms with E-state index >= 15 is 0 Å². The van der Waals surface area contributed by atoms with Crippen LogP contribution < -0.4 is 9.64 Å². The maximum Gasteiger partial charge on any atom is 0.328 e. The van der Waals surface area contributed by atoms with Gasteiger partial charge in [-0.3, -0.25) is 9.59 Å². The minimum absolute atomic E-state index is 0.0291. The highest BCUT2D eigenvalue weighted by Crippen LogP contribution is 2.33. The molecular weight excluding hydrogens is 340 g/mol. The van der Waals surface area contributed by atoms with Crippen LogP contribution in [0.15, 0.2) is 24.3 Å². The Morgan fingerprint density at radius 3 is 2.85 bits per heavy atom.